The fourth-order valence-electron chi connectivity index (χ4n) is 2.29. The zero-order chi connectivity index (χ0) is 10.6. The molecular weight excluding hydrogens is 182 g/mol. The van der Waals surface area contributed by atoms with Crippen LogP contribution in [0.3, 0.4) is 0 Å². The molecule has 4 heteroatoms. The number of morpholine rings is 1. The maximum absolute atomic E-state index is 9.44. The van der Waals surface area contributed by atoms with Crippen LogP contribution in [-0.2, 0) is 4.74 Å². The van der Waals surface area contributed by atoms with Gasteiger partial charge in [0.15, 0.2) is 0 Å². The number of nitrogens with zero attached hydrogens (tertiary/aromatic N) is 1. The summed E-state index contributed by atoms with van der Waals surface area (Å²) in [5.41, 5.74) is 0. The van der Waals surface area contributed by atoms with Crippen molar-refractivity contribution >= 4 is 0 Å². The van der Waals surface area contributed by atoms with Gasteiger partial charge in [-0.1, -0.05) is 0 Å². The van der Waals surface area contributed by atoms with Gasteiger partial charge in [-0.05, 0) is 13.8 Å². The van der Waals surface area contributed by atoms with Crippen molar-refractivity contribution in [1.29, 1.82) is 0 Å². The zero-order valence-corrected chi connectivity index (χ0v) is 9.15. The van der Waals surface area contributed by atoms with Crippen LogP contribution in [0.25, 0.3) is 0 Å². The molecule has 0 aliphatic carbocycles. The molecule has 1 fully saturated rings. The third-order valence-corrected chi connectivity index (χ3v) is 2.72. The standard InChI is InChI=1S/C10H22NO3/c1-9(12)7-11(8-10(2)13)3-5-14-6-4-11/h9-10,12-13H,3-8H2,1-2H3/q+1. The van der Waals surface area contributed by atoms with E-state index < -0.39 is 0 Å². The lowest BCUT2D eigenvalue weighted by Crippen LogP contribution is -2.60. The van der Waals surface area contributed by atoms with E-state index in [1.807, 2.05) is 0 Å². The summed E-state index contributed by atoms with van der Waals surface area (Å²) < 4.78 is 6.10. The van der Waals surface area contributed by atoms with Crippen molar-refractivity contribution in [2.24, 2.45) is 0 Å². The first-order valence-electron chi connectivity index (χ1n) is 5.33. The first kappa shape index (κ1) is 11.9. The van der Waals surface area contributed by atoms with Crippen molar-refractivity contribution in [3.05, 3.63) is 0 Å². The highest BCUT2D eigenvalue weighted by Gasteiger charge is 2.32. The molecule has 2 atom stereocenters. The van der Waals surface area contributed by atoms with Gasteiger partial charge in [0.05, 0.1) is 13.2 Å². The van der Waals surface area contributed by atoms with Crippen molar-refractivity contribution < 1.29 is 19.4 Å². The molecular formula is C10H22NO3+. The second-order valence-electron chi connectivity index (χ2n) is 4.46. The molecule has 4 nitrogen and oxygen atoms in total. The van der Waals surface area contributed by atoms with E-state index >= 15 is 0 Å². The number of hydrogen-bond donors (Lipinski definition) is 2. The summed E-state index contributed by atoms with van der Waals surface area (Å²) in [5, 5.41) is 18.9. The van der Waals surface area contributed by atoms with Crippen LogP contribution in [0, 0.1) is 0 Å². The van der Waals surface area contributed by atoms with E-state index in [1.165, 1.54) is 0 Å². The number of aliphatic hydroxyl groups excluding tert-OH is 2. The number of hydrogen-bond acceptors (Lipinski definition) is 3. The fraction of sp³-hybridized carbons (Fsp3) is 1.00. The van der Waals surface area contributed by atoms with Crippen LogP contribution in [0.1, 0.15) is 13.8 Å². The predicted molar refractivity (Wildman–Crippen MR) is 53.9 cm³/mol. The minimum atomic E-state index is -0.313. The second-order valence-corrected chi connectivity index (χ2v) is 4.46. The van der Waals surface area contributed by atoms with Gasteiger partial charge in [0, 0.05) is 0 Å². The molecule has 84 valence electrons. The van der Waals surface area contributed by atoms with Crippen LogP contribution >= 0.6 is 0 Å². The number of quaternary nitrogens is 1. The highest BCUT2D eigenvalue weighted by Crippen LogP contribution is 2.13. The summed E-state index contributed by atoms with van der Waals surface area (Å²) in [5.74, 6) is 0. The van der Waals surface area contributed by atoms with Crippen LogP contribution in [0.2, 0.25) is 0 Å². The van der Waals surface area contributed by atoms with Gasteiger partial charge < -0.3 is 19.4 Å². The molecule has 0 aromatic rings. The Labute approximate surface area is 85.7 Å². The van der Waals surface area contributed by atoms with E-state index in [-0.39, 0.29) is 12.2 Å². The quantitative estimate of drug-likeness (QED) is 0.612. The molecule has 2 unspecified atom stereocenters. The molecule has 0 radical (unpaired) electrons. The molecule has 14 heavy (non-hydrogen) atoms. The van der Waals surface area contributed by atoms with E-state index in [0.717, 1.165) is 30.8 Å². The molecule has 0 amide bonds. The third kappa shape index (κ3) is 3.53. The largest absolute Gasteiger partial charge is 0.388 e. The maximum atomic E-state index is 9.44. The van der Waals surface area contributed by atoms with Crippen LogP contribution in [0.5, 0.6) is 0 Å². The van der Waals surface area contributed by atoms with Crippen molar-refractivity contribution in [2.45, 2.75) is 26.1 Å². The fourth-order valence-corrected chi connectivity index (χ4v) is 2.29. The number of ether oxygens (including phenoxy) is 1. The molecule has 0 spiro atoms. The van der Waals surface area contributed by atoms with Crippen LogP contribution in [0.4, 0.5) is 0 Å². The average molecular weight is 204 g/mol. The van der Waals surface area contributed by atoms with Gasteiger partial charge in [0.2, 0.25) is 0 Å². The highest BCUT2D eigenvalue weighted by molar-refractivity contribution is 4.57. The Kier molecular flexibility index (Phi) is 4.31. The van der Waals surface area contributed by atoms with Crippen LogP contribution in [0.15, 0.2) is 0 Å². The summed E-state index contributed by atoms with van der Waals surface area (Å²) >= 11 is 0. The SMILES string of the molecule is CC(O)C[N+]1(CC(C)O)CCOCC1. The summed E-state index contributed by atoms with van der Waals surface area (Å²) in [6.45, 7) is 8.31. The summed E-state index contributed by atoms with van der Waals surface area (Å²) in [6.07, 6.45) is -0.626. The van der Waals surface area contributed by atoms with Crippen molar-refractivity contribution in [1.82, 2.24) is 0 Å². The Morgan fingerprint density at radius 1 is 1.07 bits per heavy atom. The molecule has 1 rings (SSSR count). The Bertz CT molecular complexity index is 153. The minimum absolute atomic E-state index is 0.313. The first-order chi connectivity index (χ1) is 6.54. The van der Waals surface area contributed by atoms with Crippen molar-refractivity contribution in [3.8, 4) is 0 Å². The third-order valence-electron chi connectivity index (χ3n) is 2.72. The van der Waals surface area contributed by atoms with Gasteiger partial charge >= 0.3 is 0 Å². The van der Waals surface area contributed by atoms with Gasteiger partial charge in [-0.25, -0.2) is 0 Å². The van der Waals surface area contributed by atoms with Crippen molar-refractivity contribution in [3.63, 3.8) is 0 Å². The maximum Gasteiger partial charge on any atom is 0.105 e. The van der Waals surface area contributed by atoms with Crippen LogP contribution < -0.4 is 0 Å². The molecule has 1 aliphatic rings. The Balaban J connectivity index is 2.57. The van der Waals surface area contributed by atoms with Crippen LogP contribution in [-0.4, -0.2) is 66.3 Å². The number of rotatable bonds is 4. The smallest absolute Gasteiger partial charge is 0.105 e. The summed E-state index contributed by atoms with van der Waals surface area (Å²) in [4.78, 5) is 0. The van der Waals surface area contributed by atoms with Gasteiger partial charge in [0.1, 0.15) is 38.4 Å². The van der Waals surface area contributed by atoms with E-state index in [9.17, 15) is 10.2 Å². The second kappa shape index (κ2) is 5.07. The lowest BCUT2D eigenvalue weighted by Gasteiger charge is -2.42. The van der Waals surface area contributed by atoms with Gasteiger partial charge in [-0.15, -0.1) is 0 Å². The Hall–Kier alpha value is -0.160. The molecule has 1 saturated heterocycles. The number of aliphatic hydroxyl groups is 2. The van der Waals surface area contributed by atoms with E-state index in [4.69, 9.17) is 4.74 Å². The van der Waals surface area contributed by atoms with Gasteiger partial charge in [-0.3, -0.25) is 0 Å². The molecule has 2 N–H and O–H groups in total. The monoisotopic (exact) mass is 204 g/mol. The lowest BCUT2D eigenvalue weighted by atomic mass is 10.2. The van der Waals surface area contributed by atoms with Gasteiger partial charge in [-0.2, -0.15) is 0 Å². The minimum Gasteiger partial charge on any atom is -0.388 e. The average Bonchev–Trinajstić information content (AvgIpc) is 2.01. The predicted octanol–water partition coefficient (Wildman–Crippen LogP) is -0.405. The molecule has 0 bridgehead atoms. The van der Waals surface area contributed by atoms with Gasteiger partial charge in [0.25, 0.3) is 0 Å². The molecule has 0 aromatic carbocycles. The van der Waals surface area contributed by atoms with E-state index in [1.54, 1.807) is 13.8 Å². The zero-order valence-electron chi connectivity index (χ0n) is 9.15. The Morgan fingerprint density at radius 3 is 1.86 bits per heavy atom. The molecule has 1 heterocycles. The molecule has 0 aromatic heterocycles. The lowest BCUT2D eigenvalue weighted by molar-refractivity contribution is -0.940. The highest BCUT2D eigenvalue weighted by atomic mass is 16.5. The topological polar surface area (TPSA) is 49.7 Å². The first-order valence-corrected chi connectivity index (χ1v) is 5.33. The normalized spacial score (nSPS) is 25.7. The summed E-state index contributed by atoms with van der Waals surface area (Å²) in [7, 11) is 0. The van der Waals surface area contributed by atoms with Crippen molar-refractivity contribution in [2.75, 3.05) is 39.4 Å². The van der Waals surface area contributed by atoms with E-state index in [2.05, 4.69) is 0 Å². The summed E-state index contributed by atoms with van der Waals surface area (Å²) in [6, 6.07) is 0. The van der Waals surface area contributed by atoms with E-state index in [0.29, 0.717) is 13.1 Å². The Morgan fingerprint density at radius 2 is 1.50 bits per heavy atom. The molecule has 1 aliphatic heterocycles. The molecule has 0 saturated carbocycles.